The number of hydrogen-bond acceptors (Lipinski definition) is 2. The van der Waals surface area contributed by atoms with Gasteiger partial charge in [0.1, 0.15) is 5.76 Å². The minimum absolute atomic E-state index is 0.270. The summed E-state index contributed by atoms with van der Waals surface area (Å²) in [5.74, 6) is 0.715. The Hall–Kier alpha value is -1.75. The van der Waals surface area contributed by atoms with Gasteiger partial charge in [-0.1, -0.05) is 12.1 Å². The first-order valence-corrected chi connectivity index (χ1v) is 5.87. The molecule has 2 rings (SSSR count). The molecule has 1 aromatic carbocycles. The molecule has 0 atom stereocenters. The van der Waals surface area contributed by atoms with Crippen LogP contribution in [0.3, 0.4) is 0 Å². The van der Waals surface area contributed by atoms with Crippen molar-refractivity contribution in [1.29, 1.82) is 0 Å². The Morgan fingerprint density at radius 2 is 2.06 bits per heavy atom. The molecule has 0 spiro atoms. The molecule has 0 aliphatic rings. The number of carbonyl (C=O) groups is 1. The standard InChI is InChI=1S/C12H11BrN2O2/c13-10-5-1-2-6-11(10)15-12(16)14-8-9-4-3-7-17-9/h1-7H,8H2,(H2,14,15,16). The Morgan fingerprint density at radius 1 is 1.24 bits per heavy atom. The molecular weight excluding hydrogens is 284 g/mol. The molecule has 0 aliphatic carbocycles. The second-order valence-electron chi connectivity index (χ2n) is 3.37. The van der Waals surface area contributed by atoms with E-state index in [4.69, 9.17) is 4.42 Å². The highest BCUT2D eigenvalue weighted by atomic mass is 79.9. The summed E-state index contributed by atoms with van der Waals surface area (Å²) in [5.41, 5.74) is 0.726. The maximum absolute atomic E-state index is 11.6. The minimum Gasteiger partial charge on any atom is -0.467 e. The van der Waals surface area contributed by atoms with E-state index in [2.05, 4.69) is 26.6 Å². The first-order chi connectivity index (χ1) is 8.25. The van der Waals surface area contributed by atoms with E-state index in [0.29, 0.717) is 12.3 Å². The van der Waals surface area contributed by atoms with Crippen LogP contribution in [0, 0.1) is 0 Å². The summed E-state index contributed by atoms with van der Waals surface area (Å²) in [7, 11) is 0. The Morgan fingerprint density at radius 3 is 2.76 bits per heavy atom. The molecule has 4 nitrogen and oxygen atoms in total. The molecule has 0 fully saturated rings. The SMILES string of the molecule is O=C(NCc1ccco1)Nc1ccccc1Br. The Kier molecular flexibility index (Phi) is 3.82. The van der Waals surface area contributed by atoms with Crippen molar-refractivity contribution in [2.75, 3.05) is 5.32 Å². The number of nitrogens with one attached hydrogen (secondary N) is 2. The van der Waals surface area contributed by atoms with E-state index < -0.39 is 0 Å². The predicted molar refractivity (Wildman–Crippen MR) is 68.7 cm³/mol. The lowest BCUT2D eigenvalue weighted by Gasteiger charge is -2.07. The monoisotopic (exact) mass is 294 g/mol. The highest BCUT2D eigenvalue weighted by Gasteiger charge is 2.04. The number of furan rings is 1. The number of para-hydroxylation sites is 1. The molecule has 1 aromatic heterocycles. The number of anilines is 1. The maximum Gasteiger partial charge on any atom is 0.319 e. The zero-order valence-corrected chi connectivity index (χ0v) is 10.5. The molecule has 17 heavy (non-hydrogen) atoms. The van der Waals surface area contributed by atoms with Crippen LogP contribution in [0.25, 0.3) is 0 Å². The van der Waals surface area contributed by atoms with E-state index >= 15 is 0 Å². The van der Waals surface area contributed by atoms with Crippen LogP contribution in [0.5, 0.6) is 0 Å². The highest BCUT2D eigenvalue weighted by molar-refractivity contribution is 9.10. The molecule has 2 aromatic rings. The van der Waals surface area contributed by atoms with E-state index in [-0.39, 0.29) is 6.03 Å². The second-order valence-corrected chi connectivity index (χ2v) is 4.22. The van der Waals surface area contributed by atoms with Crippen LogP contribution in [0.2, 0.25) is 0 Å². The van der Waals surface area contributed by atoms with Crippen molar-refractivity contribution >= 4 is 27.6 Å². The maximum atomic E-state index is 11.6. The fraction of sp³-hybridized carbons (Fsp3) is 0.0833. The van der Waals surface area contributed by atoms with Crippen LogP contribution in [0.1, 0.15) is 5.76 Å². The number of amides is 2. The molecule has 0 saturated heterocycles. The van der Waals surface area contributed by atoms with Crippen molar-refractivity contribution in [2.45, 2.75) is 6.54 Å². The summed E-state index contributed by atoms with van der Waals surface area (Å²) in [5, 5.41) is 5.43. The first kappa shape index (κ1) is 11.7. The first-order valence-electron chi connectivity index (χ1n) is 5.07. The van der Waals surface area contributed by atoms with Crippen molar-refractivity contribution in [3.05, 3.63) is 52.9 Å². The van der Waals surface area contributed by atoms with E-state index in [9.17, 15) is 4.79 Å². The van der Waals surface area contributed by atoms with Gasteiger partial charge in [-0.3, -0.25) is 0 Å². The van der Waals surface area contributed by atoms with Gasteiger partial charge in [-0.15, -0.1) is 0 Å². The molecule has 1 heterocycles. The molecule has 0 aliphatic heterocycles. The Labute approximate surface area is 107 Å². The van der Waals surface area contributed by atoms with Crippen LogP contribution in [-0.4, -0.2) is 6.03 Å². The lowest BCUT2D eigenvalue weighted by molar-refractivity contribution is 0.251. The summed E-state index contributed by atoms with van der Waals surface area (Å²) < 4.78 is 5.95. The molecule has 0 radical (unpaired) electrons. The summed E-state index contributed by atoms with van der Waals surface area (Å²) in [6.45, 7) is 0.364. The van der Waals surface area contributed by atoms with Crippen molar-refractivity contribution < 1.29 is 9.21 Å². The van der Waals surface area contributed by atoms with Gasteiger partial charge in [-0.2, -0.15) is 0 Å². The predicted octanol–water partition coefficient (Wildman–Crippen LogP) is 3.36. The number of carbonyl (C=O) groups excluding carboxylic acids is 1. The van der Waals surface area contributed by atoms with Crippen LogP contribution in [0.4, 0.5) is 10.5 Å². The number of rotatable bonds is 3. The largest absolute Gasteiger partial charge is 0.467 e. The van der Waals surface area contributed by atoms with Gasteiger partial charge in [0.25, 0.3) is 0 Å². The van der Waals surface area contributed by atoms with Crippen LogP contribution in [-0.2, 0) is 6.54 Å². The molecule has 2 N–H and O–H groups in total. The third kappa shape index (κ3) is 3.35. The summed E-state index contributed by atoms with van der Waals surface area (Å²) >= 11 is 3.35. The number of urea groups is 1. The van der Waals surface area contributed by atoms with Gasteiger partial charge < -0.3 is 15.1 Å². The summed E-state index contributed by atoms with van der Waals surface area (Å²) in [4.78, 5) is 11.6. The van der Waals surface area contributed by atoms with Gasteiger partial charge in [0.15, 0.2) is 0 Å². The molecule has 88 valence electrons. The smallest absolute Gasteiger partial charge is 0.319 e. The fourth-order valence-corrected chi connectivity index (χ4v) is 1.69. The van der Waals surface area contributed by atoms with Crippen LogP contribution < -0.4 is 10.6 Å². The average Bonchev–Trinajstić information content (AvgIpc) is 2.82. The van der Waals surface area contributed by atoms with Gasteiger partial charge in [0.2, 0.25) is 0 Å². The third-order valence-corrected chi connectivity index (χ3v) is 2.82. The lowest BCUT2D eigenvalue weighted by atomic mass is 10.3. The molecule has 2 amide bonds. The number of halogens is 1. The quantitative estimate of drug-likeness (QED) is 0.912. The lowest BCUT2D eigenvalue weighted by Crippen LogP contribution is -2.28. The summed E-state index contributed by atoms with van der Waals surface area (Å²) in [6, 6.07) is 10.7. The van der Waals surface area contributed by atoms with E-state index in [1.807, 2.05) is 24.3 Å². The zero-order chi connectivity index (χ0) is 12.1. The van der Waals surface area contributed by atoms with E-state index in [1.165, 1.54) is 0 Å². The van der Waals surface area contributed by atoms with Crippen LogP contribution in [0.15, 0.2) is 51.6 Å². The van der Waals surface area contributed by atoms with Gasteiger partial charge in [0, 0.05) is 4.47 Å². The number of hydrogen-bond donors (Lipinski definition) is 2. The normalized spacial score (nSPS) is 9.94. The van der Waals surface area contributed by atoms with Crippen molar-refractivity contribution in [3.8, 4) is 0 Å². The van der Waals surface area contributed by atoms with Crippen molar-refractivity contribution in [2.24, 2.45) is 0 Å². The van der Waals surface area contributed by atoms with Crippen molar-refractivity contribution in [1.82, 2.24) is 5.32 Å². The molecule has 0 bridgehead atoms. The second kappa shape index (κ2) is 5.54. The molecule has 5 heteroatoms. The molecular formula is C12H11BrN2O2. The molecule has 0 unspecified atom stereocenters. The summed E-state index contributed by atoms with van der Waals surface area (Å²) in [6.07, 6.45) is 1.57. The van der Waals surface area contributed by atoms with Gasteiger partial charge in [0.05, 0.1) is 18.5 Å². The van der Waals surface area contributed by atoms with E-state index in [1.54, 1.807) is 18.4 Å². The Bertz CT molecular complexity index is 497. The number of benzene rings is 1. The topological polar surface area (TPSA) is 54.3 Å². The Balaban J connectivity index is 1.87. The minimum atomic E-state index is -0.270. The van der Waals surface area contributed by atoms with Crippen molar-refractivity contribution in [3.63, 3.8) is 0 Å². The average molecular weight is 295 g/mol. The highest BCUT2D eigenvalue weighted by Crippen LogP contribution is 2.20. The van der Waals surface area contributed by atoms with Gasteiger partial charge in [-0.05, 0) is 40.2 Å². The van der Waals surface area contributed by atoms with Gasteiger partial charge >= 0.3 is 6.03 Å². The van der Waals surface area contributed by atoms with Crippen LogP contribution >= 0.6 is 15.9 Å². The third-order valence-electron chi connectivity index (χ3n) is 2.13. The fourth-order valence-electron chi connectivity index (χ4n) is 1.31. The van der Waals surface area contributed by atoms with E-state index in [0.717, 1.165) is 10.2 Å². The van der Waals surface area contributed by atoms with Gasteiger partial charge in [-0.25, -0.2) is 4.79 Å². The zero-order valence-electron chi connectivity index (χ0n) is 8.94. The molecule has 0 saturated carbocycles.